The Morgan fingerprint density at radius 3 is 2.81 bits per heavy atom. The summed E-state index contributed by atoms with van der Waals surface area (Å²) in [4.78, 5) is 12.2. The van der Waals surface area contributed by atoms with Gasteiger partial charge in [-0.25, -0.2) is 4.98 Å². The summed E-state index contributed by atoms with van der Waals surface area (Å²) in [7, 11) is 2.11. The summed E-state index contributed by atoms with van der Waals surface area (Å²) in [6.45, 7) is 8.22. The maximum Gasteiger partial charge on any atom is 0.0930 e. The average molecular weight is 450 g/mol. The summed E-state index contributed by atoms with van der Waals surface area (Å²) in [5.41, 5.74) is 10.5. The van der Waals surface area contributed by atoms with Gasteiger partial charge in [0, 0.05) is 36.0 Å². The number of aliphatic hydroxyl groups is 1. The van der Waals surface area contributed by atoms with Crippen LogP contribution in [0, 0.1) is 13.8 Å². The van der Waals surface area contributed by atoms with Crippen LogP contribution in [-0.4, -0.2) is 43.4 Å². The summed E-state index contributed by atoms with van der Waals surface area (Å²) in [5.74, 6) is 0.119. The number of aryl methyl sites for hydroxylation is 2. The Morgan fingerprint density at radius 1 is 1.22 bits per heavy atom. The van der Waals surface area contributed by atoms with E-state index < -0.39 is 0 Å². The zero-order valence-corrected chi connectivity index (χ0v) is 19.7. The quantitative estimate of drug-likeness (QED) is 0.632. The highest BCUT2D eigenvalue weighted by atomic mass is 35.5. The maximum atomic E-state index is 9.61. The van der Waals surface area contributed by atoms with E-state index >= 15 is 0 Å². The smallest absolute Gasteiger partial charge is 0.0930 e. The summed E-state index contributed by atoms with van der Waals surface area (Å²) >= 11 is 6.90. The van der Waals surface area contributed by atoms with Gasteiger partial charge in [0.05, 0.1) is 47.8 Å². The molecule has 0 fully saturated rings. The van der Waals surface area contributed by atoms with Crippen molar-refractivity contribution < 1.29 is 5.11 Å². The zero-order valence-electron chi connectivity index (χ0n) is 19.0. The van der Waals surface area contributed by atoms with Crippen molar-refractivity contribution in [2.24, 2.45) is 0 Å². The van der Waals surface area contributed by atoms with Gasteiger partial charge in [0.1, 0.15) is 0 Å². The van der Waals surface area contributed by atoms with Crippen molar-refractivity contribution in [1.82, 2.24) is 24.6 Å². The van der Waals surface area contributed by atoms with Crippen LogP contribution in [0.15, 0.2) is 24.4 Å². The van der Waals surface area contributed by atoms with Gasteiger partial charge in [-0.2, -0.15) is 5.10 Å². The van der Waals surface area contributed by atoms with Crippen LogP contribution in [0.4, 0.5) is 0 Å². The molecule has 32 heavy (non-hydrogen) atoms. The second-order valence-electron chi connectivity index (χ2n) is 8.93. The molecular weight excluding hydrogens is 422 g/mol. The number of benzene rings is 1. The minimum absolute atomic E-state index is 0.0370. The predicted octanol–water partition coefficient (Wildman–Crippen LogP) is 4.29. The fourth-order valence-electron chi connectivity index (χ4n) is 5.11. The molecule has 0 unspecified atom stereocenters. The lowest BCUT2D eigenvalue weighted by molar-refractivity contribution is 0.257. The van der Waals surface area contributed by atoms with Crippen molar-refractivity contribution >= 4 is 17.2 Å². The number of nitrogens with zero attached hydrogens (tertiary/aromatic N) is 5. The number of aliphatic hydroxyl groups excluding tert-OH is 1. The van der Waals surface area contributed by atoms with Crippen molar-refractivity contribution in [3.8, 4) is 11.3 Å². The van der Waals surface area contributed by atoms with Gasteiger partial charge >= 0.3 is 0 Å². The van der Waals surface area contributed by atoms with Crippen molar-refractivity contribution in [2.45, 2.75) is 52.7 Å². The highest BCUT2D eigenvalue weighted by Gasteiger charge is 2.29. The monoisotopic (exact) mass is 449 g/mol. The van der Waals surface area contributed by atoms with Gasteiger partial charge in [0.15, 0.2) is 0 Å². The summed E-state index contributed by atoms with van der Waals surface area (Å²) in [6, 6.07) is 4.30. The van der Waals surface area contributed by atoms with E-state index in [1.807, 2.05) is 17.8 Å². The average Bonchev–Trinajstić information content (AvgIpc) is 3.30. The molecule has 5 rings (SSSR count). The van der Waals surface area contributed by atoms with Gasteiger partial charge in [-0.3, -0.25) is 14.6 Å². The summed E-state index contributed by atoms with van der Waals surface area (Å²) in [6.07, 6.45) is 4.91. The van der Waals surface area contributed by atoms with Crippen molar-refractivity contribution in [2.75, 3.05) is 13.7 Å². The predicted molar refractivity (Wildman–Crippen MR) is 127 cm³/mol. The van der Waals surface area contributed by atoms with Crippen molar-refractivity contribution in [1.29, 1.82) is 0 Å². The summed E-state index contributed by atoms with van der Waals surface area (Å²) in [5, 5.41) is 15.2. The van der Waals surface area contributed by atoms with E-state index in [9.17, 15) is 5.11 Å². The number of hydrogen-bond acceptors (Lipinski definition) is 5. The topological polar surface area (TPSA) is 67.1 Å². The minimum Gasteiger partial charge on any atom is -0.394 e. The first-order chi connectivity index (χ1) is 15.4. The molecular formula is C25H28ClN5O. The van der Waals surface area contributed by atoms with Crippen LogP contribution in [-0.2, 0) is 26.1 Å². The molecule has 3 aromatic rings. The van der Waals surface area contributed by atoms with Gasteiger partial charge in [0.25, 0.3) is 0 Å². The van der Waals surface area contributed by atoms with E-state index in [4.69, 9.17) is 26.7 Å². The fourth-order valence-corrected chi connectivity index (χ4v) is 5.46. The molecule has 1 atom stereocenters. The molecule has 2 aliphatic rings. The maximum absolute atomic E-state index is 9.61. The molecule has 2 bridgehead atoms. The Hall–Kier alpha value is -2.54. The highest BCUT2D eigenvalue weighted by Crippen LogP contribution is 2.43. The molecule has 6 nitrogen and oxygen atoms in total. The number of allylic oxidation sites excluding steroid dienone is 2. The standard InChI is InChI=1S/C25H28ClN5O/c1-14-5-6-17-12-30(4)13-21-23(16(3)29-31(21)9-10-32)20-11-27-19-8-7-18(25(19)28-20)15(2)22(17)24(14)26/h5-7,11,15,32H,8-10,12-13H2,1-4H3/t15-/m0/s1. The lowest BCUT2D eigenvalue weighted by atomic mass is 9.87. The number of fused-ring (bicyclic) bond motifs is 4. The van der Waals surface area contributed by atoms with E-state index in [1.54, 1.807) is 0 Å². The number of rotatable bonds is 2. The third-order valence-electron chi connectivity index (χ3n) is 6.66. The Labute approximate surface area is 193 Å². The highest BCUT2D eigenvalue weighted by molar-refractivity contribution is 6.32. The second-order valence-corrected chi connectivity index (χ2v) is 9.31. The molecule has 166 valence electrons. The largest absolute Gasteiger partial charge is 0.394 e. The molecule has 0 radical (unpaired) electrons. The van der Waals surface area contributed by atoms with Gasteiger partial charge in [0.2, 0.25) is 0 Å². The van der Waals surface area contributed by atoms with Gasteiger partial charge in [-0.1, -0.05) is 36.7 Å². The second kappa shape index (κ2) is 8.10. The fraction of sp³-hybridized carbons (Fsp3) is 0.400. The van der Waals surface area contributed by atoms with E-state index in [2.05, 4.69) is 44.0 Å². The number of aromatic nitrogens is 4. The first-order valence-corrected chi connectivity index (χ1v) is 11.5. The normalized spacial score (nSPS) is 17.9. The third kappa shape index (κ3) is 3.38. The first kappa shape index (κ1) is 21.3. The summed E-state index contributed by atoms with van der Waals surface area (Å²) < 4.78 is 1.91. The number of halogens is 1. The lowest BCUT2D eigenvalue weighted by Gasteiger charge is -2.26. The molecule has 1 N–H and O–H groups in total. The third-order valence-corrected chi connectivity index (χ3v) is 7.16. The lowest BCUT2D eigenvalue weighted by Crippen LogP contribution is -2.22. The van der Waals surface area contributed by atoms with E-state index in [0.717, 1.165) is 57.6 Å². The van der Waals surface area contributed by atoms with Crippen LogP contribution in [0.25, 0.3) is 16.8 Å². The van der Waals surface area contributed by atoms with Crippen LogP contribution in [0.2, 0.25) is 5.02 Å². The zero-order chi connectivity index (χ0) is 22.6. The molecule has 0 amide bonds. The Kier molecular flexibility index (Phi) is 5.40. The Bertz CT molecular complexity index is 1250. The minimum atomic E-state index is 0.0370. The molecule has 0 saturated heterocycles. The van der Waals surface area contributed by atoms with Crippen LogP contribution in [0.5, 0.6) is 0 Å². The molecule has 2 aromatic heterocycles. The van der Waals surface area contributed by atoms with Gasteiger partial charge < -0.3 is 5.11 Å². The Morgan fingerprint density at radius 2 is 2.03 bits per heavy atom. The van der Waals surface area contributed by atoms with Gasteiger partial charge in [-0.15, -0.1) is 0 Å². The number of hydrogen-bond donors (Lipinski definition) is 1. The first-order valence-electron chi connectivity index (χ1n) is 11.1. The van der Waals surface area contributed by atoms with Crippen molar-refractivity contribution in [3.05, 3.63) is 68.9 Å². The van der Waals surface area contributed by atoms with Gasteiger partial charge in [-0.05, 0) is 43.2 Å². The van der Waals surface area contributed by atoms with E-state index in [1.165, 1.54) is 16.7 Å². The molecule has 3 heterocycles. The van der Waals surface area contributed by atoms with Crippen LogP contribution < -0.4 is 0 Å². The van der Waals surface area contributed by atoms with E-state index in [-0.39, 0.29) is 12.5 Å². The Balaban J connectivity index is 1.77. The SMILES string of the molecule is Cc1ccc2c(c1Cl)[C@@H](C)C1=CCc3ncc(nc31)-c1c(C)nn(CCO)c1CN(C)C2. The van der Waals surface area contributed by atoms with Crippen molar-refractivity contribution in [3.63, 3.8) is 0 Å². The molecule has 1 aromatic carbocycles. The van der Waals surface area contributed by atoms with E-state index in [0.29, 0.717) is 13.1 Å². The van der Waals surface area contributed by atoms with Crippen LogP contribution in [0.1, 0.15) is 52.3 Å². The van der Waals surface area contributed by atoms with Crippen LogP contribution in [0.3, 0.4) is 0 Å². The van der Waals surface area contributed by atoms with Crippen LogP contribution >= 0.6 is 11.6 Å². The molecule has 0 spiro atoms. The molecule has 0 saturated carbocycles. The molecule has 1 aliphatic carbocycles. The molecule has 7 heteroatoms. The molecule has 1 aliphatic heterocycles.